The minimum absolute atomic E-state index is 0. The van der Waals surface area contributed by atoms with Crippen LogP contribution in [-0.4, -0.2) is 55.1 Å². The van der Waals surface area contributed by atoms with Gasteiger partial charge in [-0.3, -0.25) is 0 Å². The molecule has 0 aliphatic heterocycles. The first-order valence-corrected chi connectivity index (χ1v) is 24.0. The number of hydrogen-bond acceptors (Lipinski definition) is 23. The molecule has 358 valence electrons. The number of phenols is 2. The second kappa shape index (κ2) is 27.3. The molecule has 0 aliphatic rings. The van der Waals surface area contributed by atoms with E-state index in [1.54, 1.807) is 54.6 Å². The molecule has 0 amide bonds. The zero-order valence-corrected chi connectivity index (χ0v) is 52.9. The van der Waals surface area contributed by atoms with Gasteiger partial charge in [-0.15, -0.1) is 50.1 Å². The zero-order chi connectivity index (χ0) is 51.0. The topological polar surface area (TPSA) is 403 Å². The van der Waals surface area contributed by atoms with Gasteiger partial charge in [0, 0.05) is 21.5 Å². The molecule has 6 N–H and O–H groups in total. The number of benzene rings is 8. The van der Waals surface area contributed by atoms with Crippen LogP contribution in [0.4, 0.5) is 56.9 Å². The number of hydrogen-bond donors (Lipinski definition) is 4. The Bertz CT molecular complexity index is 4010. The standard InChI is InChI=1S/C45H31N10O13S3.5Na/c46-33-21-34(47)36(22-35(33)51-49-28-12-7-24(8-13-28)23-5-10-27(11-6-23)48-50-29-14-15-38(56)32(19-29)45(58)59)52-53-37-20-31-26(17-40(37)70(63,64)65)18-41(71(66,67)68)43(44(31)57)55-54-42-30-4-2-1-3-25(30)9-16-39(42)69(60,61)62;;;;;/h1-8,10-22,56-57H,46-47H2,(H,58,59)(H,60,61,62)(H,63,64,65)(H,66,67,68);;;;;/q-1;5*+1/p-4. The van der Waals surface area contributed by atoms with E-state index in [2.05, 4.69) is 47.0 Å². The van der Waals surface area contributed by atoms with E-state index in [0.29, 0.717) is 23.5 Å². The van der Waals surface area contributed by atoms with E-state index in [1.165, 1.54) is 42.5 Å². The van der Waals surface area contributed by atoms with Gasteiger partial charge in [-0.2, -0.15) is 20.5 Å². The quantitative estimate of drug-likeness (QED) is 0.0274. The molecule has 0 saturated heterocycles. The number of nitrogen functional groups attached to an aromatic ring is 2. The predicted molar refractivity (Wildman–Crippen MR) is 249 cm³/mol. The minimum Gasteiger partial charge on any atom is -0.752 e. The number of carbonyl (C=O) groups is 1. The Labute approximate surface area is 542 Å². The molecule has 0 fully saturated rings. The molecule has 0 unspecified atom stereocenters. The average Bonchev–Trinajstić information content (AvgIpc) is 3.31. The van der Waals surface area contributed by atoms with Gasteiger partial charge in [0.1, 0.15) is 48.7 Å². The van der Waals surface area contributed by atoms with E-state index in [0.717, 1.165) is 29.3 Å². The fourth-order valence-corrected chi connectivity index (χ4v) is 8.66. The minimum atomic E-state index is -5.58. The monoisotopic (exact) mass is 1130 g/mol. The molecule has 23 nitrogen and oxygen atoms in total. The van der Waals surface area contributed by atoms with Crippen LogP contribution < -0.4 is 164 Å². The van der Waals surface area contributed by atoms with Gasteiger partial charge in [-0.25, -0.2) is 25.3 Å². The third-order valence-corrected chi connectivity index (χ3v) is 12.8. The van der Waals surface area contributed by atoms with E-state index in [4.69, 9.17) is 11.5 Å². The van der Waals surface area contributed by atoms with Crippen LogP contribution in [0.1, 0.15) is 10.4 Å². The molecule has 0 saturated carbocycles. The van der Waals surface area contributed by atoms with E-state index in [-0.39, 0.29) is 187 Å². The van der Waals surface area contributed by atoms with Crippen molar-refractivity contribution in [2.75, 3.05) is 11.5 Å². The first-order valence-electron chi connectivity index (χ1n) is 19.8. The number of azo groups is 4. The van der Waals surface area contributed by atoms with Crippen LogP contribution in [-0.2, 0) is 30.4 Å². The number of aromatic carboxylic acids is 1. The average molecular weight is 1130 g/mol. The summed E-state index contributed by atoms with van der Waals surface area (Å²) in [5, 5.41) is 63.5. The number of rotatable bonds is 13. The molecule has 0 radical (unpaired) electrons. The van der Waals surface area contributed by atoms with Crippen LogP contribution >= 0.6 is 0 Å². The Hall–Kier alpha value is -3.92. The zero-order valence-electron chi connectivity index (χ0n) is 40.5. The largest absolute Gasteiger partial charge is 1.00 e. The molecule has 0 aliphatic carbocycles. The van der Waals surface area contributed by atoms with Crippen molar-refractivity contribution in [1.82, 2.24) is 0 Å². The van der Waals surface area contributed by atoms with Crippen molar-refractivity contribution in [3.05, 3.63) is 139 Å². The van der Waals surface area contributed by atoms with Crippen molar-refractivity contribution in [3.8, 4) is 22.6 Å². The smallest absolute Gasteiger partial charge is 0.752 e. The second-order valence-corrected chi connectivity index (χ2v) is 18.9. The number of carboxylic acid groups (broad SMARTS) is 1. The Morgan fingerprint density at radius 1 is 0.487 bits per heavy atom. The SMILES string of the molecule is Nc1cc(N)c(N=Nc2cc3c(O)c(N=Nc4c(S(=O)(=O)[O-])c[c-]c5ccccc45)c(S(=O)(=O)[O-])cc3cc2S(=O)(=O)[O-])cc1N=Nc1ccc(-c2ccc(N=Nc3ccc(O)c(C(=O)[O-])c3)cc2)cc1.[Na+].[Na+].[Na+].[Na+].[Na+]. The normalized spacial score (nSPS) is 11.8. The Kier molecular flexibility index (Phi) is 23.8. The first kappa shape index (κ1) is 66.4. The number of phenolic OH excluding ortho intramolecular Hbond substituents is 1. The molecule has 8 aromatic rings. The molecule has 8 rings (SSSR count). The molecule has 0 heterocycles. The number of carboxylic acids is 1. The molecule has 0 aromatic heterocycles. The van der Waals surface area contributed by atoms with Crippen molar-refractivity contribution in [2.24, 2.45) is 40.9 Å². The van der Waals surface area contributed by atoms with Gasteiger partial charge in [0.05, 0.1) is 54.3 Å². The second-order valence-electron chi connectivity index (χ2n) is 14.9. The summed E-state index contributed by atoms with van der Waals surface area (Å²) in [4.78, 5) is 7.93. The van der Waals surface area contributed by atoms with E-state index in [9.17, 15) is 59.0 Å². The first-order chi connectivity index (χ1) is 33.5. The van der Waals surface area contributed by atoms with Crippen molar-refractivity contribution >= 4 is 115 Å². The molecule has 0 spiro atoms. The van der Waals surface area contributed by atoms with Gasteiger partial charge in [0.15, 0.2) is 5.75 Å². The van der Waals surface area contributed by atoms with Crippen LogP contribution in [0.2, 0.25) is 0 Å². The summed E-state index contributed by atoms with van der Waals surface area (Å²) in [6.07, 6.45) is 0. The van der Waals surface area contributed by atoms with Crippen molar-refractivity contribution in [3.63, 3.8) is 0 Å². The predicted octanol–water partition coefficient (Wildman–Crippen LogP) is -6.21. The van der Waals surface area contributed by atoms with Gasteiger partial charge >= 0.3 is 148 Å². The van der Waals surface area contributed by atoms with Crippen molar-refractivity contribution < 1.29 is 207 Å². The summed E-state index contributed by atoms with van der Waals surface area (Å²) in [6, 6.07) is 31.2. The fraction of sp³-hybridized carbons (Fsp3) is 0. The third kappa shape index (κ3) is 15.5. The number of anilines is 2. The maximum absolute atomic E-state index is 12.5. The molecule has 0 bridgehead atoms. The fourth-order valence-electron chi connectivity index (χ4n) is 6.79. The van der Waals surface area contributed by atoms with Crippen molar-refractivity contribution in [2.45, 2.75) is 14.7 Å². The molecular weight excluding hydrogens is 1100 g/mol. The van der Waals surface area contributed by atoms with Gasteiger partial charge in [0.2, 0.25) is 0 Å². The number of fused-ring (bicyclic) bond motifs is 2. The molecule has 76 heavy (non-hydrogen) atoms. The van der Waals surface area contributed by atoms with Gasteiger partial charge < -0.3 is 45.2 Å². The van der Waals surface area contributed by atoms with Crippen LogP contribution in [0.25, 0.3) is 32.7 Å². The molecule has 0 atom stereocenters. The molecule has 8 aromatic carbocycles. The van der Waals surface area contributed by atoms with Crippen LogP contribution in [0.15, 0.2) is 183 Å². The van der Waals surface area contributed by atoms with Crippen LogP contribution in [0.3, 0.4) is 0 Å². The Morgan fingerprint density at radius 3 is 1.51 bits per heavy atom. The van der Waals surface area contributed by atoms with Crippen LogP contribution in [0, 0.1) is 6.07 Å². The van der Waals surface area contributed by atoms with Crippen LogP contribution in [0.5, 0.6) is 11.5 Å². The van der Waals surface area contributed by atoms with E-state index in [1.807, 2.05) is 0 Å². The van der Waals surface area contributed by atoms with Gasteiger partial charge in [-0.05, 0) is 89.3 Å². The maximum Gasteiger partial charge on any atom is 1.00 e. The molecule has 31 heteroatoms. The van der Waals surface area contributed by atoms with Crippen molar-refractivity contribution in [1.29, 1.82) is 0 Å². The Balaban J connectivity index is 0.00000304. The Morgan fingerprint density at radius 2 is 0.961 bits per heavy atom. The summed E-state index contributed by atoms with van der Waals surface area (Å²) in [7, 11) is -16.3. The van der Waals surface area contributed by atoms with Gasteiger partial charge in [0.25, 0.3) is 0 Å². The summed E-state index contributed by atoms with van der Waals surface area (Å²) >= 11 is 0. The summed E-state index contributed by atoms with van der Waals surface area (Å²) in [5.74, 6) is -3.14. The number of carbonyl (C=O) groups excluding carboxylic acids is 1. The number of nitrogens with zero attached hydrogens (tertiary/aromatic N) is 8. The number of aromatic hydroxyl groups is 2. The summed E-state index contributed by atoms with van der Waals surface area (Å²) < 4.78 is 111. The summed E-state index contributed by atoms with van der Waals surface area (Å²) in [5.41, 5.74) is 11.9. The number of nitrogens with two attached hydrogens (primary N) is 2. The maximum atomic E-state index is 12.5. The molecular formula is C45H27N10Na5O13S3. The van der Waals surface area contributed by atoms with E-state index >= 15 is 0 Å². The summed E-state index contributed by atoms with van der Waals surface area (Å²) in [6.45, 7) is 0. The van der Waals surface area contributed by atoms with E-state index < -0.39 is 95.9 Å². The third-order valence-electron chi connectivity index (χ3n) is 10.2. The van der Waals surface area contributed by atoms with Gasteiger partial charge in [-0.1, -0.05) is 41.8 Å².